The molecular formula is C20H21FN4S. The second-order valence-corrected chi connectivity index (χ2v) is 7.35. The molecule has 26 heavy (non-hydrogen) atoms. The van der Waals surface area contributed by atoms with E-state index in [2.05, 4.69) is 9.55 Å². The van der Waals surface area contributed by atoms with Crippen LogP contribution in [0.4, 0.5) is 4.39 Å². The van der Waals surface area contributed by atoms with Crippen molar-refractivity contribution in [3.05, 3.63) is 48.7 Å². The van der Waals surface area contributed by atoms with Crippen molar-refractivity contribution < 1.29 is 4.39 Å². The molecule has 0 unspecified atom stereocenters. The Balaban J connectivity index is 1.86. The summed E-state index contributed by atoms with van der Waals surface area (Å²) in [7, 11) is 0. The molecule has 1 aliphatic rings. The van der Waals surface area contributed by atoms with Crippen LogP contribution in [0.15, 0.2) is 48.0 Å². The van der Waals surface area contributed by atoms with Crippen molar-refractivity contribution in [2.45, 2.75) is 43.3 Å². The maximum atomic E-state index is 13.4. The van der Waals surface area contributed by atoms with Gasteiger partial charge >= 0.3 is 0 Å². The molecule has 0 N–H and O–H groups in total. The van der Waals surface area contributed by atoms with Crippen LogP contribution in [-0.4, -0.2) is 25.8 Å². The monoisotopic (exact) mass is 368 g/mol. The van der Waals surface area contributed by atoms with Crippen LogP contribution in [-0.2, 0) is 0 Å². The van der Waals surface area contributed by atoms with Crippen molar-refractivity contribution in [3.63, 3.8) is 0 Å². The molecule has 1 aromatic carbocycles. The summed E-state index contributed by atoms with van der Waals surface area (Å²) in [4.78, 5) is 13.7. The number of aromatic nitrogens is 4. The van der Waals surface area contributed by atoms with E-state index >= 15 is 0 Å². The van der Waals surface area contributed by atoms with Gasteiger partial charge in [-0.3, -0.25) is 0 Å². The smallest absolute Gasteiger partial charge is 0.187 e. The third kappa shape index (κ3) is 3.38. The highest BCUT2D eigenvalue weighted by molar-refractivity contribution is 7.98. The maximum absolute atomic E-state index is 13.4. The van der Waals surface area contributed by atoms with Crippen LogP contribution < -0.4 is 0 Å². The van der Waals surface area contributed by atoms with Gasteiger partial charge in [-0.25, -0.2) is 19.3 Å². The topological polar surface area (TPSA) is 43.6 Å². The average molecular weight is 368 g/mol. The van der Waals surface area contributed by atoms with E-state index in [4.69, 9.17) is 9.97 Å². The molecule has 0 bridgehead atoms. The van der Waals surface area contributed by atoms with Gasteiger partial charge in [-0.2, -0.15) is 0 Å². The molecule has 1 fully saturated rings. The molecular weight excluding hydrogens is 347 g/mol. The molecule has 2 heterocycles. The van der Waals surface area contributed by atoms with Gasteiger partial charge in [0.25, 0.3) is 0 Å². The lowest BCUT2D eigenvalue weighted by Gasteiger charge is -2.25. The maximum Gasteiger partial charge on any atom is 0.187 e. The van der Waals surface area contributed by atoms with E-state index < -0.39 is 0 Å². The number of nitrogens with zero attached hydrogens (tertiary/aromatic N) is 4. The lowest BCUT2D eigenvalue weighted by atomic mass is 9.95. The number of hydrogen-bond acceptors (Lipinski definition) is 4. The molecule has 4 nitrogen and oxygen atoms in total. The fraction of sp³-hybridized carbons (Fsp3) is 0.350. The number of rotatable bonds is 4. The number of halogens is 1. The molecule has 2 aromatic heterocycles. The molecule has 0 spiro atoms. The number of thioether (sulfide) groups is 1. The van der Waals surface area contributed by atoms with Crippen LogP contribution in [0.25, 0.3) is 22.6 Å². The van der Waals surface area contributed by atoms with E-state index in [1.165, 1.54) is 43.2 Å². The summed E-state index contributed by atoms with van der Waals surface area (Å²) in [6, 6.07) is 8.89. The van der Waals surface area contributed by atoms with Crippen molar-refractivity contribution in [3.8, 4) is 22.6 Å². The third-order valence-corrected chi connectivity index (χ3v) is 5.50. The molecule has 0 radical (unpaired) electrons. The Bertz CT molecular complexity index is 885. The highest BCUT2D eigenvalue weighted by atomic mass is 32.2. The van der Waals surface area contributed by atoms with Gasteiger partial charge in [-0.15, -0.1) is 0 Å². The van der Waals surface area contributed by atoms with Gasteiger partial charge < -0.3 is 4.57 Å². The van der Waals surface area contributed by atoms with E-state index in [-0.39, 0.29) is 5.82 Å². The molecule has 4 rings (SSSR count). The van der Waals surface area contributed by atoms with Gasteiger partial charge in [0.15, 0.2) is 5.16 Å². The predicted molar refractivity (Wildman–Crippen MR) is 103 cm³/mol. The van der Waals surface area contributed by atoms with Crippen molar-refractivity contribution in [2.75, 3.05) is 6.26 Å². The van der Waals surface area contributed by atoms with Gasteiger partial charge in [-0.05, 0) is 49.4 Å². The van der Waals surface area contributed by atoms with E-state index in [0.29, 0.717) is 6.04 Å². The Morgan fingerprint density at radius 3 is 2.54 bits per heavy atom. The minimum Gasteiger partial charge on any atom is -0.326 e. The second-order valence-electron chi connectivity index (χ2n) is 6.58. The minimum absolute atomic E-state index is 0.242. The highest BCUT2D eigenvalue weighted by Crippen LogP contribution is 2.37. The summed E-state index contributed by atoms with van der Waals surface area (Å²) in [6.07, 6.45) is 11.8. The first kappa shape index (κ1) is 17.2. The van der Waals surface area contributed by atoms with Crippen LogP contribution in [0, 0.1) is 5.82 Å². The summed E-state index contributed by atoms with van der Waals surface area (Å²) in [5, 5.41) is 0.740. The molecule has 0 amide bonds. The Labute approximate surface area is 156 Å². The molecule has 3 aromatic rings. The van der Waals surface area contributed by atoms with Gasteiger partial charge in [-0.1, -0.05) is 31.0 Å². The van der Waals surface area contributed by atoms with Crippen LogP contribution in [0.2, 0.25) is 0 Å². The molecule has 6 heteroatoms. The summed E-state index contributed by atoms with van der Waals surface area (Å²) in [5.41, 5.74) is 3.62. The summed E-state index contributed by atoms with van der Waals surface area (Å²) in [6.45, 7) is 0. The van der Waals surface area contributed by atoms with E-state index in [0.717, 1.165) is 40.6 Å². The van der Waals surface area contributed by atoms with Gasteiger partial charge in [0.2, 0.25) is 0 Å². The predicted octanol–water partition coefficient (Wildman–Crippen LogP) is 5.37. The van der Waals surface area contributed by atoms with Crippen molar-refractivity contribution in [2.24, 2.45) is 0 Å². The molecule has 1 aliphatic carbocycles. The largest absolute Gasteiger partial charge is 0.326 e. The lowest BCUT2D eigenvalue weighted by Crippen LogP contribution is -2.13. The third-order valence-electron chi connectivity index (χ3n) is 4.94. The SMILES string of the molecule is CSc1nccc(-c2c(-c3ccc(F)cc3)ncn2C2CCCCC2)n1. The van der Waals surface area contributed by atoms with Crippen molar-refractivity contribution in [1.29, 1.82) is 0 Å². The molecule has 0 saturated heterocycles. The summed E-state index contributed by atoms with van der Waals surface area (Å²) >= 11 is 1.52. The average Bonchev–Trinajstić information content (AvgIpc) is 3.14. The minimum atomic E-state index is -0.242. The Morgan fingerprint density at radius 2 is 1.81 bits per heavy atom. The highest BCUT2D eigenvalue weighted by Gasteiger charge is 2.23. The molecule has 134 valence electrons. The normalized spacial score (nSPS) is 15.3. The quantitative estimate of drug-likeness (QED) is 0.458. The lowest BCUT2D eigenvalue weighted by molar-refractivity contribution is 0.355. The zero-order chi connectivity index (χ0) is 17.9. The molecule has 0 atom stereocenters. The fourth-order valence-corrected chi connectivity index (χ4v) is 4.00. The molecule has 1 saturated carbocycles. The standard InChI is InChI=1S/C20H21FN4S/c1-26-20-22-12-11-17(24-20)19-18(14-7-9-15(21)10-8-14)23-13-25(19)16-5-3-2-4-6-16/h7-13,16H,2-6H2,1H3. The number of imidazole rings is 1. The number of hydrogen-bond donors (Lipinski definition) is 0. The number of benzene rings is 1. The Morgan fingerprint density at radius 1 is 1.04 bits per heavy atom. The van der Waals surface area contributed by atoms with Gasteiger partial charge in [0.05, 0.1) is 23.4 Å². The second kappa shape index (κ2) is 7.58. The Hall–Kier alpha value is -2.21. The molecule has 0 aliphatic heterocycles. The fourth-order valence-electron chi connectivity index (χ4n) is 3.64. The first-order chi connectivity index (χ1) is 12.8. The van der Waals surface area contributed by atoms with Crippen LogP contribution in [0.5, 0.6) is 0 Å². The zero-order valence-electron chi connectivity index (χ0n) is 14.7. The Kier molecular flexibility index (Phi) is 5.02. The summed E-state index contributed by atoms with van der Waals surface area (Å²) < 4.78 is 15.6. The van der Waals surface area contributed by atoms with Crippen molar-refractivity contribution >= 4 is 11.8 Å². The van der Waals surface area contributed by atoms with Crippen LogP contribution in [0.1, 0.15) is 38.1 Å². The first-order valence-corrected chi connectivity index (χ1v) is 10.2. The van der Waals surface area contributed by atoms with E-state index in [9.17, 15) is 4.39 Å². The van der Waals surface area contributed by atoms with E-state index in [1.54, 1.807) is 18.3 Å². The first-order valence-electron chi connectivity index (χ1n) is 8.96. The van der Waals surface area contributed by atoms with Crippen LogP contribution in [0.3, 0.4) is 0 Å². The van der Waals surface area contributed by atoms with Gasteiger partial charge in [0.1, 0.15) is 5.82 Å². The van der Waals surface area contributed by atoms with Crippen LogP contribution >= 0.6 is 11.8 Å². The van der Waals surface area contributed by atoms with Gasteiger partial charge in [0, 0.05) is 17.8 Å². The van der Waals surface area contributed by atoms with Crippen molar-refractivity contribution in [1.82, 2.24) is 19.5 Å². The van der Waals surface area contributed by atoms with E-state index in [1.807, 2.05) is 18.6 Å². The summed E-state index contributed by atoms with van der Waals surface area (Å²) in [5.74, 6) is -0.242. The zero-order valence-corrected chi connectivity index (χ0v) is 15.5.